The van der Waals surface area contributed by atoms with Crippen LogP contribution in [0.2, 0.25) is 0 Å². The van der Waals surface area contributed by atoms with E-state index in [0.29, 0.717) is 28.9 Å². The summed E-state index contributed by atoms with van der Waals surface area (Å²) in [4.78, 5) is 17.9. The molecule has 0 bridgehead atoms. The minimum atomic E-state index is -0.530. The van der Waals surface area contributed by atoms with Gasteiger partial charge < -0.3 is 10.1 Å². The molecule has 0 spiro atoms. The number of amides is 1. The summed E-state index contributed by atoms with van der Waals surface area (Å²) in [5.41, 5.74) is 5.21. The molecular formula is C32H24FN3O2. The average molecular weight is 502 g/mol. The first-order valence-electron chi connectivity index (χ1n) is 12.1. The van der Waals surface area contributed by atoms with Gasteiger partial charge in [0, 0.05) is 17.3 Å². The third-order valence-corrected chi connectivity index (χ3v) is 6.52. The monoisotopic (exact) mass is 501 g/mol. The molecule has 0 fully saturated rings. The van der Waals surface area contributed by atoms with Crippen molar-refractivity contribution in [2.75, 3.05) is 12.4 Å². The molecule has 0 aliphatic carbocycles. The van der Waals surface area contributed by atoms with Crippen LogP contribution < -0.4 is 10.1 Å². The number of nitriles is 1. The highest BCUT2D eigenvalue weighted by molar-refractivity contribution is 5.97. The summed E-state index contributed by atoms with van der Waals surface area (Å²) in [7, 11) is 1.61. The van der Waals surface area contributed by atoms with Crippen molar-refractivity contribution in [2.45, 2.75) is 12.3 Å². The van der Waals surface area contributed by atoms with E-state index in [2.05, 4.69) is 16.4 Å². The van der Waals surface area contributed by atoms with Crippen molar-refractivity contribution in [1.82, 2.24) is 4.98 Å². The standard InChI is InChI=1S/C32H24FN3O2/c1-38-31-8-3-2-6-24(31)18-28(32(37)36-26-7-4-5-21(17-26)20-34)23-11-9-22(10-12-23)27-15-16-35-30-14-13-25(33)19-29(27)30/h2-17,19,28H,18H2,1H3,(H,36,37). The molecule has 1 N–H and O–H groups in total. The second-order valence-corrected chi connectivity index (χ2v) is 8.89. The first kappa shape index (κ1) is 24.7. The Labute approximate surface area is 220 Å². The molecule has 4 aromatic carbocycles. The molecule has 5 nitrogen and oxygen atoms in total. The van der Waals surface area contributed by atoms with Crippen LogP contribution in [0.25, 0.3) is 22.0 Å². The topological polar surface area (TPSA) is 75.0 Å². The maximum absolute atomic E-state index is 14.0. The Morgan fingerprint density at radius 3 is 2.61 bits per heavy atom. The summed E-state index contributed by atoms with van der Waals surface area (Å²) in [5, 5.41) is 12.9. The fourth-order valence-corrected chi connectivity index (χ4v) is 4.61. The van der Waals surface area contributed by atoms with Crippen LogP contribution in [-0.2, 0) is 11.2 Å². The summed E-state index contributed by atoms with van der Waals surface area (Å²) in [5.74, 6) is -0.344. The van der Waals surface area contributed by atoms with E-state index >= 15 is 0 Å². The van der Waals surface area contributed by atoms with Crippen molar-refractivity contribution >= 4 is 22.5 Å². The number of anilines is 1. The second-order valence-electron chi connectivity index (χ2n) is 8.89. The molecule has 5 rings (SSSR count). The normalized spacial score (nSPS) is 11.5. The average Bonchev–Trinajstić information content (AvgIpc) is 2.96. The molecular weight excluding hydrogens is 477 g/mol. The fourth-order valence-electron chi connectivity index (χ4n) is 4.61. The number of para-hydroxylation sites is 1. The van der Waals surface area contributed by atoms with Gasteiger partial charge in [-0.15, -0.1) is 0 Å². The number of methoxy groups -OCH3 is 1. The van der Waals surface area contributed by atoms with E-state index in [9.17, 15) is 14.4 Å². The Bertz CT molecular complexity index is 1660. The van der Waals surface area contributed by atoms with Crippen LogP contribution in [0.3, 0.4) is 0 Å². The predicted octanol–water partition coefficient (Wildman–Crippen LogP) is 6.89. The van der Waals surface area contributed by atoms with Gasteiger partial charge >= 0.3 is 0 Å². The van der Waals surface area contributed by atoms with Gasteiger partial charge in [0.1, 0.15) is 11.6 Å². The zero-order valence-corrected chi connectivity index (χ0v) is 20.7. The van der Waals surface area contributed by atoms with Gasteiger partial charge in [-0.1, -0.05) is 48.5 Å². The van der Waals surface area contributed by atoms with Gasteiger partial charge in [-0.25, -0.2) is 4.39 Å². The van der Waals surface area contributed by atoms with Gasteiger partial charge in [-0.2, -0.15) is 5.26 Å². The summed E-state index contributed by atoms with van der Waals surface area (Å²) in [6.07, 6.45) is 2.12. The van der Waals surface area contributed by atoms with Gasteiger partial charge in [0.15, 0.2) is 0 Å². The zero-order valence-electron chi connectivity index (χ0n) is 20.7. The number of fused-ring (bicyclic) bond motifs is 1. The minimum Gasteiger partial charge on any atom is -0.496 e. The largest absolute Gasteiger partial charge is 0.496 e. The van der Waals surface area contributed by atoms with Crippen LogP contribution in [-0.4, -0.2) is 18.0 Å². The number of nitrogens with one attached hydrogen (secondary N) is 1. The Morgan fingerprint density at radius 1 is 1.00 bits per heavy atom. The Kier molecular flexibility index (Phi) is 7.10. The van der Waals surface area contributed by atoms with E-state index in [1.54, 1.807) is 43.6 Å². The molecule has 1 aromatic heterocycles. The highest BCUT2D eigenvalue weighted by Gasteiger charge is 2.23. The molecule has 1 heterocycles. The van der Waals surface area contributed by atoms with E-state index < -0.39 is 5.92 Å². The number of nitrogens with zero attached hydrogens (tertiary/aromatic N) is 2. The predicted molar refractivity (Wildman–Crippen MR) is 146 cm³/mol. The molecule has 0 saturated heterocycles. The van der Waals surface area contributed by atoms with Gasteiger partial charge in [-0.05, 0) is 77.2 Å². The number of halogens is 1. The van der Waals surface area contributed by atoms with Crippen molar-refractivity contribution in [1.29, 1.82) is 5.26 Å². The number of carbonyl (C=O) groups is 1. The number of pyridine rings is 1. The van der Waals surface area contributed by atoms with E-state index in [1.165, 1.54) is 12.1 Å². The minimum absolute atomic E-state index is 0.199. The lowest BCUT2D eigenvalue weighted by molar-refractivity contribution is -0.117. The highest BCUT2D eigenvalue weighted by atomic mass is 19.1. The Balaban J connectivity index is 1.51. The number of ether oxygens (including phenoxy) is 1. The SMILES string of the molecule is COc1ccccc1CC(C(=O)Nc1cccc(C#N)c1)c1ccc(-c2ccnc3ccc(F)cc23)cc1. The molecule has 1 unspecified atom stereocenters. The van der Waals surface area contributed by atoms with Crippen molar-refractivity contribution < 1.29 is 13.9 Å². The van der Waals surface area contributed by atoms with Crippen LogP contribution in [0.4, 0.5) is 10.1 Å². The maximum Gasteiger partial charge on any atom is 0.232 e. The third-order valence-electron chi connectivity index (χ3n) is 6.52. The lowest BCUT2D eigenvalue weighted by atomic mass is 9.89. The molecule has 0 aliphatic heterocycles. The van der Waals surface area contributed by atoms with Gasteiger partial charge in [0.05, 0.1) is 30.2 Å². The molecule has 5 aromatic rings. The van der Waals surface area contributed by atoms with Crippen LogP contribution in [0.15, 0.2) is 103 Å². The number of hydrogen-bond acceptors (Lipinski definition) is 4. The van der Waals surface area contributed by atoms with E-state index in [0.717, 1.165) is 27.6 Å². The lowest BCUT2D eigenvalue weighted by Gasteiger charge is -2.19. The molecule has 186 valence electrons. The molecule has 0 saturated carbocycles. The fraction of sp³-hybridized carbons (Fsp3) is 0.0938. The summed E-state index contributed by atoms with van der Waals surface area (Å²) >= 11 is 0. The van der Waals surface area contributed by atoms with Gasteiger partial charge in [0.2, 0.25) is 5.91 Å². The number of aromatic nitrogens is 1. The van der Waals surface area contributed by atoms with Crippen molar-refractivity contribution in [3.63, 3.8) is 0 Å². The van der Waals surface area contributed by atoms with Crippen LogP contribution in [0.5, 0.6) is 5.75 Å². The molecule has 6 heteroatoms. The van der Waals surface area contributed by atoms with E-state index in [4.69, 9.17) is 4.74 Å². The second kappa shape index (κ2) is 10.9. The number of hydrogen-bond donors (Lipinski definition) is 1. The first-order chi connectivity index (χ1) is 18.6. The van der Waals surface area contributed by atoms with Gasteiger partial charge in [0.25, 0.3) is 0 Å². The molecule has 1 amide bonds. The third kappa shape index (κ3) is 5.23. The van der Waals surface area contributed by atoms with Crippen LogP contribution in [0, 0.1) is 17.1 Å². The summed E-state index contributed by atoms with van der Waals surface area (Å²) in [6.45, 7) is 0. The first-order valence-corrected chi connectivity index (χ1v) is 12.1. The van der Waals surface area contributed by atoms with Crippen molar-refractivity contribution in [2.24, 2.45) is 0 Å². The van der Waals surface area contributed by atoms with Crippen molar-refractivity contribution in [3.8, 4) is 22.9 Å². The summed E-state index contributed by atoms with van der Waals surface area (Å²) < 4.78 is 19.5. The Hall–Kier alpha value is -5.02. The molecule has 38 heavy (non-hydrogen) atoms. The summed E-state index contributed by atoms with van der Waals surface area (Å²) in [6, 6.07) is 30.7. The molecule has 0 aliphatic rings. The van der Waals surface area contributed by atoms with Crippen molar-refractivity contribution in [3.05, 3.63) is 126 Å². The van der Waals surface area contributed by atoms with Gasteiger partial charge in [-0.3, -0.25) is 9.78 Å². The van der Waals surface area contributed by atoms with Crippen LogP contribution >= 0.6 is 0 Å². The number of benzene rings is 4. The number of rotatable bonds is 7. The van der Waals surface area contributed by atoms with Crippen LogP contribution in [0.1, 0.15) is 22.6 Å². The lowest BCUT2D eigenvalue weighted by Crippen LogP contribution is -2.23. The van der Waals surface area contributed by atoms with E-state index in [1.807, 2.05) is 54.6 Å². The number of carbonyl (C=O) groups excluding carboxylic acids is 1. The Morgan fingerprint density at radius 2 is 1.82 bits per heavy atom. The smallest absolute Gasteiger partial charge is 0.232 e. The quantitative estimate of drug-likeness (QED) is 0.264. The molecule has 0 radical (unpaired) electrons. The highest BCUT2D eigenvalue weighted by Crippen LogP contribution is 2.32. The van der Waals surface area contributed by atoms with E-state index in [-0.39, 0.29) is 11.7 Å². The molecule has 1 atom stereocenters. The zero-order chi connectivity index (χ0) is 26.5. The maximum atomic E-state index is 14.0.